The van der Waals surface area contributed by atoms with Gasteiger partial charge in [0.2, 0.25) is 5.91 Å². The van der Waals surface area contributed by atoms with Gasteiger partial charge in [-0.1, -0.05) is 41.9 Å². The number of fused-ring (bicyclic) bond motifs is 1. The van der Waals surface area contributed by atoms with E-state index in [4.69, 9.17) is 11.6 Å². The summed E-state index contributed by atoms with van der Waals surface area (Å²) in [6, 6.07) is 16.5. The standard InChI is InChI=1S/C24H30ClN3O/c25-22-11-7-19(8-12-22)18-27-14-3-13-26-17-21-5-1-2-6-23(21)28(16-4-15-27)24(29)20-9-10-20/h1-2,5-8,11-12,20,26H,3-4,9-10,13-18H2. The highest BCUT2D eigenvalue weighted by Crippen LogP contribution is 2.34. The van der Waals surface area contributed by atoms with Crippen LogP contribution < -0.4 is 10.2 Å². The molecule has 1 aliphatic carbocycles. The van der Waals surface area contributed by atoms with Crippen LogP contribution in [0.25, 0.3) is 0 Å². The molecule has 1 aliphatic heterocycles. The molecule has 2 aromatic carbocycles. The molecule has 1 N–H and O–H groups in total. The van der Waals surface area contributed by atoms with Crippen molar-refractivity contribution in [2.75, 3.05) is 31.1 Å². The van der Waals surface area contributed by atoms with Crippen LogP contribution in [0.5, 0.6) is 0 Å². The summed E-state index contributed by atoms with van der Waals surface area (Å²) < 4.78 is 0. The summed E-state index contributed by atoms with van der Waals surface area (Å²) in [6.45, 7) is 5.52. The maximum Gasteiger partial charge on any atom is 0.230 e. The molecule has 1 saturated carbocycles. The summed E-state index contributed by atoms with van der Waals surface area (Å²) in [5.74, 6) is 0.535. The number of hydrogen-bond donors (Lipinski definition) is 1. The molecule has 2 aromatic rings. The van der Waals surface area contributed by atoms with Gasteiger partial charge in [0.15, 0.2) is 0 Å². The maximum absolute atomic E-state index is 13.0. The Morgan fingerprint density at radius 2 is 1.76 bits per heavy atom. The summed E-state index contributed by atoms with van der Waals surface area (Å²) in [4.78, 5) is 17.6. The monoisotopic (exact) mass is 411 g/mol. The highest BCUT2D eigenvalue weighted by Gasteiger charge is 2.34. The quantitative estimate of drug-likeness (QED) is 0.809. The van der Waals surface area contributed by atoms with Gasteiger partial charge >= 0.3 is 0 Å². The molecule has 154 valence electrons. The van der Waals surface area contributed by atoms with Crippen LogP contribution in [0.1, 0.15) is 36.8 Å². The molecule has 4 rings (SSSR count). The van der Waals surface area contributed by atoms with Gasteiger partial charge in [0.25, 0.3) is 0 Å². The van der Waals surface area contributed by atoms with E-state index in [1.54, 1.807) is 0 Å². The molecule has 1 heterocycles. The summed E-state index contributed by atoms with van der Waals surface area (Å²) >= 11 is 6.03. The second-order valence-corrected chi connectivity index (χ2v) is 8.62. The molecule has 0 saturated heterocycles. The number of nitrogens with zero attached hydrogens (tertiary/aromatic N) is 2. The van der Waals surface area contributed by atoms with Gasteiger partial charge in [0.05, 0.1) is 0 Å². The molecular weight excluding hydrogens is 382 g/mol. The van der Waals surface area contributed by atoms with Crippen molar-refractivity contribution in [2.45, 2.75) is 38.8 Å². The minimum Gasteiger partial charge on any atom is -0.313 e. The van der Waals surface area contributed by atoms with Crippen LogP contribution in [-0.4, -0.2) is 37.0 Å². The van der Waals surface area contributed by atoms with Gasteiger partial charge in [0, 0.05) is 42.8 Å². The first-order valence-corrected chi connectivity index (χ1v) is 11.2. The fourth-order valence-corrected chi connectivity index (χ4v) is 4.17. The molecule has 0 radical (unpaired) electrons. The molecule has 5 heteroatoms. The molecule has 0 unspecified atom stereocenters. The van der Waals surface area contributed by atoms with E-state index in [2.05, 4.69) is 45.4 Å². The zero-order valence-corrected chi connectivity index (χ0v) is 17.7. The molecule has 4 nitrogen and oxygen atoms in total. The van der Waals surface area contributed by atoms with Crippen molar-refractivity contribution in [1.82, 2.24) is 10.2 Å². The molecule has 0 bridgehead atoms. The van der Waals surface area contributed by atoms with Gasteiger partial charge in [-0.15, -0.1) is 0 Å². The number of benzene rings is 2. The Morgan fingerprint density at radius 3 is 2.55 bits per heavy atom. The number of anilines is 1. The average Bonchev–Trinajstić information content (AvgIpc) is 3.57. The van der Waals surface area contributed by atoms with Gasteiger partial charge in [0.1, 0.15) is 0 Å². The van der Waals surface area contributed by atoms with Crippen molar-refractivity contribution in [2.24, 2.45) is 5.92 Å². The molecule has 0 aromatic heterocycles. The smallest absolute Gasteiger partial charge is 0.230 e. The largest absolute Gasteiger partial charge is 0.313 e. The van der Waals surface area contributed by atoms with Crippen molar-refractivity contribution >= 4 is 23.2 Å². The van der Waals surface area contributed by atoms with Crippen LogP contribution in [0, 0.1) is 5.92 Å². The van der Waals surface area contributed by atoms with Gasteiger partial charge in [-0.05, 0) is 68.1 Å². The third kappa shape index (κ3) is 5.59. The van der Waals surface area contributed by atoms with E-state index in [9.17, 15) is 4.79 Å². The molecule has 0 spiro atoms. The van der Waals surface area contributed by atoms with E-state index in [1.807, 2.05) is 18.2 Å². The number of rotatable bonds is 3. The van der Waals surface area contributed by atoms with E-state index in [0.29, 0.717) is 5.91 Å². The number of carbonyl (C=O) groups is 1. The van der Waals surface area contributed by atoms with Crippen LogP contribution >= 0.6 is 11.6 Å². The molecule has 29 heavy (non-hydrogen) atoms. The van der Waals surface area contributed by atoms with Gasteiger partial charge in [-0.25, -0.2) is 0 Å². The first kappa shape index (κ1) is 20.4. The van der Waals surface area contributed by atoms with E-state index in [0.717, 1.165) is 75.7 Å². The van der Waals surface area contributed by atoms with Crippen LogP contribution in [0.15, 0.2) is 48.5 Å². The van der Waals surface area contributed by atoms with E-state index < -0.39 is 0 Å². The molecule has 1 amide bonds. The van der Waals surface area contributed by atoms with Crippen LogP contribution in [0.4, 0.5) is 5.69 Å². The van der Waals surface area contributed by atoms with Gasteiger partial charge in [-0.3, -0.25) is 9.69 Å². The predicted molar refractivity (Wildman–Crippen MR) is 119 cm³/mol. The Labute approximate surface area is 178 Å². The van der Waals surface area contributed by atoms with Crippen LogP contribution in [0.2, 0.25) is 5.02 Å². The first-order chi connectivity index (χ1) is 14.2. The number of para-hydroxylation sites is 1. The Morgan fingerprint density at radius 1 is 1.00 bits per heavy atom. The minimum atomic E-state index is 0.231. The second kappa shape index (κ2) is 9.75. The molecule has 2 aliphatic rings. The normalized spacial score (nSPS) is 19.1. The van der Waals surface area contributed by atoms with Crippen LogP contribution in [-0.2, 0) is 17.9 Å². The highest BCUT2D eigenvalue weighted by atomic mass is 35.5. The topological polar surface area (TPSA) is 35.6 Å². The molecule has 0 atom stereocenters. The van der Waals surface area contributed by atoms with Crippen molar-refractivity contribution < 1.29 is 4.79 Å². The third-order valence-corrected chi connectivity index (χ3v) is 6.05. The predicted octanol–water partition coefficient (Wildman–Crippen LogP) is 4.47. The van der Waals surface area contributed by atoms with Crippen molar-refractivity contribution in [3.8, 4) is 0 Å². The average molecular weight is 412 g/mol. The summed E-state index contributed by atoms with van der Waals surface area (Å²) in [6.07, 6.45) is 4.17. The van der Waals surface area contributed by atoms with Crippen molar-refractivity contribution in [1.29, 1.82) is 0 Å². The Kier molecular flexibility index (Phi) is 6.86. The lowest BCUT2D eigenvalue weighted by molar-refractivity contribution is -0.119. The second-order valence-electron chi connectivity index (χ2n) is 8.18. The van der Waals surface area contributed by atoms with Crippen LogP contribution in [0.3, 0.4) is 0 Å². The number of halogens is 1. The third-order valence-electron chi connectivity index (χ3n) is 5.79. The zero-order chi connectivity index (χ0) is 20.1. The lowest BCUT2D eigenvalue weighted by Crippen LogP contribution is -2.37. The SMILES string of the molecule is O=C(C1CC1)N1CCCN(Cc2ccc(Cl)cc2)CCCNCc2ccccc21. The Hall–Kier alpha value is -1.88. The number of hydrogen-bond acceptors (Lipinski definition) is 3. The number of nitrogens with one attached hydrogen (secondary N) is 1. The van der Waals surface area contributed by atoms with E-state index in [-0.39, 0.29) is 5.92 Å². The van der Waals surface area contributed by atoms with E-state index >= 15 is 0 Å². The number of carbonyl (C=O) groups excluding carboxylic acids is 1. The Balaban J connectivity index is 1.48. The first-order valence-electron chi connectivity index (χ1n) is 10.8. The van der Waals surface area contributed by atoms with E-state index in [1.165, 1.54) is 11.1 Å². The fourth-order valence-electron chi connectivity index (χ4n) is 4.04. The summed E-state index contributed by atoms with van der Waals surface area (Å²) in [7, 11) is 0. The maximum atomic E-state index is 13.0. The molecular formula is C24H30ClN3O. The highest BCUT2D eigenvalue weighted by molar-refractivity contribution is 6.30. The minimum absolute atomic E-state index is 0.231. The van der Waals surface area contributed by atoms with Gasteiger partial charge < -0.3 is 10.2 Å². The Bertz CT molecular complexity index is 819. The molecule has 1 fully saturated rings. The van der Waals surface area contributed by atoms with Crippen molar-refractivity contribution in [3.63, 3.8) is 0 Å². The van der Waals surface area contributed by atoms with Gasteiger partial charge in [-0.2, -0.15) is 0 Å². The summed E-state index contributed by atoms with van der Waals surface area (Å²) in [5.41, 5.74) is 3.59. The van der Waals surface area contributed by atoms with Crippen molar-refractivity contribution in [3.05, 3.63) is 64.7 Å². The lowest BCUT2D eigenvalue weighted by Gasteiger charge is -2.29. The zero-order valence-electron chi connectivity index (χ0n) is 16.9. The lowest BCUT2D eigenvalue weighted by atomic mass is 10.1. The summed E-state index contributed by atoms with van der Waals surface area (Å²) in [5, 5.41) is 4.35. The fraction of sp³-hybridized carbons (Fsp3) is 0.458. The number of amides is 1.